The van der Waals surface area contributed by atoms with Crippen LogP contribution in [0.2, 0.25) is 0 Å². The highest BCUT2D eigenvalue weighted by atomic mass is 79.9. The minimum atomic E-state index is -0.720. The first-order chi connectivity index (χ1) is 12.1. The van der Waals surface area contributed by atoms with E-state index in [1.165, 1.54) is 4.90 Å². The maximum absolute atomic E-state index is 11.8. The van der Waals surface area contributed by atoms with Gasteiger partial charge in [0, 0.05) is 9.37 Å². The standard InChI is InChI=1S/C20H22BrNO2S/c1-25-17-11-7-15(8-12-17)19(14-5-9-16(21)10-6-14)22-13-3-2-4-18(22)20(23)24/h5-12,18-19H,2-4,13H2,1H3,(H,23,24). The second-order valence-electron chi connectivity index (χ2n) is 6.31. The summed E-state index contributed by atoms with van der Waals surface area (Å²) < 4.78 is 1.03. The summed E-state index contributed by atoms with van der Waals surface area (Å²) in [7, 11) is 0. The van der Waals surface area contributed by atoms with Crippen molar-refractivity contribution in [2.75, 3.05) is 12.8 Å². The fourth-order valence-electron chi connectivity index (χ4n) is 3.53. The molecule has 0 aliphatic carbocycles. The fraction of sp³-hybridized carbons (Fsp3) is 0.350. The molecular weight excluding hydrogens is 398 g/mol. The summed E-state index contributed by atoms with van der Waals surface area (Å²) in [5, 5.41) is 9.73. The van der Waals surface area contributed by atoms with Crippen molar-refractivity contribution >= 4 is 33.7 Å². The lowest BCUT2D eigenvalue weighted by Gasteiger charge is -2.39. The Labute approximate surface area is 161 Å². The van der Waals surface area contributed by atoms with Crippen LogP contribution in [0.5, 0.6) is 0 Å². The van der Waals surface area contributed by atoms with Gasteiger partial charge in [0.15, 0.2) is 0 Å². The average molecular weight is 420 g/mol. The minimum Gasteiger partial charge on any atom is -0.480 e. The van der Waals surface area contributed by atoms with Gasteiger partial charge in [-0.25, -0.2) is 0 Å². The molecule has 2 aromatic carbocycles. The Morgan fingerprint density at radius 1 is 1.12 bits per heavy atom. The fourth-order valence-corrected chi connectivity index (χ4v) is 4.21. The van der Waals surface area contributed by atoms with E-state index in [2.05, 4.69) is 63.5 Å². The lowest BCUT2D eigenvalue weighted by molar-refractivity contribution is -0.145. The van der Waals surface area contributed by atoms with Crippen molar-refractivity contribution in [1.29, 1.82) is 0 Å². The molecule has 2 atom stereocenters. The largest absolute Gasteiger partial charge is 0.480 e. The molecule has 0 bridgehead atoms. The van der Waals surface area contributed by atoms with E-state index >= 15 is 0 Å². The van der Waals surface area contributed by atoms with Crippen LogP contribution in [-0.2, 0) is 4.79 Å². The van der Waals surface area contributed by atoms with Crippen molar-refractivity contribution in [1.82, 2.24) is 4.90 Å². The number of halogens is 1. The van der Waals surface area contributed by atoms with Gasteiger partial charge in [-0.1, -0.05) is 46.6 Å². The molecule has 1 fully saturated rings. The zero-order valence-corrected chi connectivity index (χ0v) is 16.6. The molecule has 3 rings (SSSR count). The van der Waals surface area contributed by atoms with Crippen LogP contribution in [0.25, 0.3) is 0 Å². The van der Waals surface area contributed by atoms with Gasteiger partial charge in [-0.15, -0.1) is 11.8 Å². The Bertz CT molecular complexity index is 717. The second kappa shape index (κ2) is 8.39. The molecule has 25 heavy (non-hydrogen) atoms. The minimum absolute atomic E-state index is 0.0367. The van der Waals surface area contributed by atoms with Gasteiger partial charge in [0.25, 0.3) is 0 Å². The quantitative estimate of drug-likeness (QED) is 0.675. The Balaban J connectivity index is 2.03. The first kappa shape index (κ1) is 18.5. The van der Waals surface area contributed by atoms with Gasteiger partial charge in [-0.3, -0.25) is 9.69 Å². The SMILES string of the molecule is CSc1ccc(C(c2ccc(Br)cc2)N2CCCCC2C(=O)O)cc1. The number of hydrogen-bond donors (Lipinski definition) is 1. The first-order valence-electron chi connectivity index (χ1n) is 8.48. The van der Waals surface area contributed by atoms with E-state index in [-0.39, 0.29) is 6.04 Å². The van der Waals surface area contributed by atoms with Crippen LogP contribution in [-0.4, -0.2) is 34.8 Å². The summed E-state index contributed by atoms with van der Waals surface area (Å²) in [5.41, 5.74) is 2.28. The van der Waals surface area contributed by atoms with Crippen LogP contribution in [0.1, 0.15) is 36.4 Å². The van der Waals surface area contributed by atoms with Crippen molar-refractivity contribution in [3.8, 4) is 0 Å². The lowest BCUT2D eigenvalue weighted by atomic mass is 9.92. The van der Waals surface area contributed by atoms with E-state index in [9.17, 15) is 9.90 Å². The molecule has 132 valence electrons. The van der Waals surface area contributed by atoms with Crippen molar-refractivity contribution in [2.24, 2.45) is 0 Å². The molecular formula is C20H22BrNO2S. The molecule has 0 radical (unpaired) electrons. The molecule has 2 unspecified atom stereocenters. The van der Waals surface area contributed by atoms with Crippen molar-refractivity contribution < 1.29 is 9.90 Å². The van der Waals surface area contributed by atoms with Crippen LogP contribution < -0.4 is 0 Å². The molecule has 1 saturated heterocycles. The van der Waals surface area contributed by atoms with Crippen LogP contribution >= 0.6 is 27.7 Å². The summed E-state index contributed by atoms with van der Waals surface area (Å²) in [5.74, 6) is -0.720. The third kappa shape index (κ3) is 4.27. The van der Waals surface area contributed by atoms with Gasteiger partial charge in [0.1, 0.15) is 6.04 Å². The topological polar surface area (TPSA) is 40.5 Å². The van der Waals surface area contributed by atoms with Gasteiger partial charge in [-0.05, 0) is 61.0 Å². The van der Waals surface area contributed by atoms with Gasteiger partial charge >= 0.3 is 5.97 Å². The molecule has 0 saturated carbocycles. The van der Waals surface area contributed by atoms with Gasteiger partial charge in [-0.2, -0.15) is 0 Å². The third-order valence-electron chi connectivity index (χ3n) is 4.78. The zero-order valence-electron chi connectivity index (χ0n) is 14.2. The second-order valence-corrected chi connectivity index (χ2v) is 8.11. The summed E-state index contributed by atoms with van der Waals surface area (Å²) in [6.07, 6.45) is 4.79. The number of carbonyl (C=O) groups is 1. The maximum atomic E-state index is 11.8. The number of piperidine rings is 1. The number of thioether (sulfide) groups is 1. The summed E-state index contributed by atoms with van der Waals surface area (Å²) in [6, 6.07) is 16.3. The summed E-state index contributed by atoms with van der Waals surface area (Å²) in [4.78, 5) is 15.2. The van der Waals surface area contributed by atoms with E-state index in [4.69, 9.17) is 0 Å². The molecule has 0 aromatic heterocycles. The predicted molar refractivity (Wildman–Crippen MR) is 106 cm³/mol. The normalized spacial score (nSPS) is 19.5. The maximum Gasteiger partial charge on any atom is 0.320 e. The smallest absolute Gasteiger partial charge is 0.320 e. The van der Waals surface area contributed by atoms with E-state index in [1.807, 2.05) is 12.1 Å². The Kier molecular flexibility index (Phi) is 6.20. The number of nitrogens with zero attached hydrogens (tertiary/aromatic N) is 1. The predicted octanol–water partition coefficient (Wildman–Crippen LogP) is 5.20. The Hall–Kier alpha value is -1.30. The van der Waals surface area contributed by atoms with Crippen molar-refractivity contribution in [2.45, 2.75) is 36.2 Å². The molecule has 1 aliphatic rings. The van der Waals surface area contributed by atoms with Gasteiger partial charge < -0.3 is 5.11 Å². The molecule has 1 heterocycles. The number of aliphatic carboxylic acids is 1. The zero-order chi connectivity index (χ0) is 17.8. The van der Waals surface area contributed by atoms with Crippen LogP contribution in [0.3, 0.4) is 0 Å². The van der Waals surface area contributed by atoms with Crippen LogP contribution in [0.4, 0.5) is 0 Å². The van der Waals surface area contributed by atoms with E-state index < -0.39 is 12.0 Å². The average Bonchev–Trinajstić information content (AvgIpc) is 2.64. The molecule has 2 aromatic rings. The molecule has 0 spiro atoms. The molecule has 1 aliphatic heterocycles. The Morgan fingerprint density at radius 3 is 2.28 bits per heavy atom. The third-order valence-corrected chi connectivity index (χ3v) is 6.05. The number of carboxylic acids is 1. The number of benzene rings is 2. The molecule has 5 heteroatoms. The molecule has 0 amide bonds. The van der Waals surface area contributed by atoms with Crippen LogP contribution in [0, 0.1) is 0 Å². The number of likely N-dealkylation sites (tertiary alicyclic amines) is 1. The number of rotatable bonds is 5. The first-order valence-corrected chi connectivity index (χ1v) is 10.5. The van der Waals surface area contributed by atoms with E-state index in [1.54, 1.807) is 11.8 Å². The van der Waals surface area contributed by atoms with Crippen molar-refractivity contribution in [3.63, 3.8) is 0 Å². The van der Waals surface area contributed by atoms with Crippen LogP contribution in [0.15, 0.2) is 57.9 Å². The highest BCUT2D eigenvalue weighted by Crippen LogP contribution is 2.35. The monoisotopic (exact) mass is 419 g/mol. The summed E-state index contributed by atoms with van der Waals surface area (Å²) in [6.45, 7) is 0.808. The van der Waals surface area contributed by atoms with Gasteiger partial charge in [0.2, 0.25) is 0 Å². The van der Waals surface area contributed by atoms with E-state index in [0.29, 0.717) is 6.42 Å². The van der Waals surface area contributed by atoms with Gasteiger partial charge in [0.05, 0.1) is 6.04 Å². The molecule has 3 nitrogen and oxygen atoms in total. The lowest BCUT2D eigenvalue weighted by Crippen LogP contribution is -2.46. The number of hydrogen-bond acceptors (Lipinski definition) is 3. The Morgan fingerprint density at radius 2 is 1.72 bits per heavy atom. The molecule has 1 N–H and O–H groups in total. The van der Waals surface area contributed by atoms with E-state index in [0.717, 1.165) is 35.0 Å². The summed E-state index contributed by atoms with van der Waals surface area (Å²) >= 11 is 5.20. The number of carboxylic acid groups (broad SMARTS) is 1. The highest BCUT2D eigenvalue weighted by molar-refractivity contribution is 9.10. The van der Waals surface area contributed by atoms with Crippen molar-refractivity contribution in [3.05, 3.63) is 64.1 Å². The highest BCUT2D eigenvalue weighted by Gasteiger charge is 2.35.